The summed E-state index contributed by atoms with van der Waals surface area (Å²) in [5, 5.41) is 5.18. The Kier molecular flexibility index (Phi) is 4.76. The van der Waals surface area contributed by atoms with E-state index in [0.717, 1.165) is 51.6 Å². The van der Waals surface area contributed by atoms with E-state index in [-0.39, 0.29) is 5.91 Å². The Morgan fingerprint density at radius 1 is 1.35 bits per heavy atom. The number of hydrogen-bond donors (Lipinski definition) is 1. The fraction of sp³-hybridized carbons (Fsp3) is 0.450. The van der Waals surface area contributed by atoms with Gasteiger partial charge in [0.05, 0.1) is 5.69 Å². The van der Waals surface area contributed by atoms with Crippen LogP contribution in [0.25, 0.3) is 21.6 Å². The lowest BCUT2D eigenvalue weighted by molar-refractivity contribution is 0.0931. The molecule has 3 aromatic heterocycles. The van der Waals surface area contributed by atoms with Gasteiger partial charge in [-0.05, 0) is 38.8 Å². The summed E-state index contributed by atoms with van der Waals surface area (Å²) < 4.78 is 2.13. The van der Waals surface area contributed by atoms with Crippen molar-refractivity contribution in [3.8, 4) is 10.6 Å². The molecular weight excluding hydrogens is 344 g/mol. The van der Waals surface area contributed by atoms with E-state index in [4.69, 9.17) is 4.98 Å². The third kappa shape index (κ3) is 3.14. The molecule has 0 radical (unpaired) electrons. The van der Waals surface area contributed by atoms with Gasteiger partial charge >= 0.3 is 0 Å². The second-order valence-corrected chi connectivity index (χ2v) is 7.94. The molecule has 0 atom stereocenters. The van der Waals surface area contributed by atoms with Crippen LogP contribution in [0, 0.1) is 6.92 Å². The number of carbonyl (C=O) groups excluding carboxylic acids is 1. The Balaban J connectivity index is 1.65. The minimum absolute atomic E-state index is 0.0236. The molecule has 5 nitrogen and oxygen atoms in total. The summed E-state index contributed by atoms with van der Waals surface area (Å²) in [4.78, 5) is 22.7. The average molecular weight is 369 g/mol. The molecule has 0 bridgehead atoms. The number of fused-ring (bicyclic) bond motifs is 1. The predicted octanol–water partition coefficient (Wildman–Crippen LogP) is 4.55. The van der Waals surface area contributed by atoms with Gasteiger partial charge in [-0.3, -0.25) is 4.79 Å². The van der Waals surface area contributed by atoms with Crippen LogP contribution in [0.4, 0.5) is 0 Å². The van der Waals surface area contributed by atoms with Crippen LogP contribution in [0.5, 0.6) is 0 Å². The third-order valence-electron chi connectivity index (χ3n) is 5.15. The maximum absolute atomic E-state index is 12.7. The Morgan fingerprint density at radius 3 is 2.92 bits per heavy atom. The van der Waals surface area contributed by atoms with Gasteiger partial charge in [0.15, 0.2) is 0 Å². The number of nitrogens with one attached hydrogen (secondary N) is 1. The molecule has 1 N–H and O–H groups in total. The fourth-order valence-corrected chi connectivity index (χ4v) is 4.75. The highest BCUT2D eigenvalue weighted by atomic mass is 32.1. The molecule has 1 saturated carbocycles. The van der Waals surface area contributed by atoms with Crippen molar-refractivity contribution in [2.75, 3.05) is 0 Å². The molecule has 0 aliphatic heterocycles. The van der Waals surface area contributed by atoms with Crippen LogP contribution in [0.3, 0.4) is 0 Å². The van der Waals surface area contributed by atoms with Crippen molar-refractivity contribution in [2.45, 2.75) is 58.5 Å². The van der Waals surface area contributed by atoms with Gasteiger partial charge in [0, 0.05) is 35.9 Å². The van der Waals surface area contributed by atoms with Crippen LogP contribution in [-0.4, -0.2) is 26.5 Å². The minimum atomic E-state index is 0.0236. The Morgan fingerprint density at radius 2 is 2.15 bits per heavy atom. The molecule has 0 aromatic carbocycles. The van der Waals surface area contributed by atoms with Crippen LogP contribution in [-0.2, 0) is 6.54 Å². The zero-order valence-electron chi connectivity index (χ0n) is 15.3. The first-order valence-corrected chi connectivity index (χ1v) is 10.2. The largest absolute Gasteiger partial charge is 0.349 e. The predicted molar refractivity (Wildman–Crippen MR) is 106 cm³/mol. The first-order valence-electron chi connectivity index (χ1n) is 9.40. The molecule has 3 aromatic rings. The minimum Gasteiger partial charge on any atom is -0.349 e. The van der Waals surface area contributed by atoms with Gasteiger partial charge in [-0.25, -0.2) is 9.97 Å². The first kappa shape index (κ1) is 17.2. The number of nitrogens with zero attached hydrogens (tertiary/aromatic N) is 3. The highest BCUT2D eigenvalue weighted by Gasteiger charge is 2.22. The number of pyridine rings is 1. The van der Waals surface area contributed by atoms with E-state index in [1.165, 1.54) is 30.6 Å². The van der Waals surface area contributed by atoms with Gasteiger partial charge in [-0.1, -0.05) is 19.3 Å². The van der Waals surface area contributed by atoms with Crippen LogP contribution in [0.1, 0.15) is 54.4 Å². The number of hydrogen-bond acceptors (Lipinski definition) is 4. The molecule has 0 spiro atoms. The normalized spacial score (nSPS) is 15.5. The van der Waals surface area contributed by atoms with Crippen molar-refractivity contribution in [3.63, 3.8) is 0 Å². The SMILES string of the molecule is CCn1cc(-c2nc(C)c(C(=O)NC3CCCCC3)s2)c2cccnc21. The molecule has 136 valence electrons. The molecular formula is C20H24N4OS. The second kappa shape index (κ2) is 7.19. The lowest BCUT2D eigenvalue weighted by Gasteiger charge is -2.22. The third-order valence-corrected chi connectivity index (χ3v) is 6.34. The van der Waals surface area contributed by atoms with Gasteiger partial charge in [-0.2, -0.15) is 0 Å². The van der Waals surface area contributed by atoms with E-state index >= 15 is 0 Å². The molecule has 0 saturated heterocycles. The van der Waals surface area contributed by atoms with Crippen molar-refractivity contribution >= 4 is 28.3 Å². The highest BCUT2D eigenvalue weighted by molar-refractivity contribution is 7.17. The van der Waals surface area contributed by atoms with Gasteiger partial charge < -0.3 is 9.88 Å². The van der Waals surface area contributed by atoms with E-state index in [2.05, 4.69) is 34.1 Å². The van der Waals surface area contributed by atoms with Crippen molar-refractivity contribution in [3.05, 3.63) is 35.1 Å². The van der Waals surface area contributed by atoms with Crippen molar-refractivity contribution < 1.29 is 4.79 Å². The molecule has 1 aliphatic rings. The Labute approximate surface area is 157 Å². The summed E-state index contributed by atoms with van der Waals surface area (Å²) >= 11 is 1.48. The number of aryl methyl sites for hydroxylation is 2. The lowest BCUT2D eigenvalue weighted by atomic mass is 9.95. The molecule has 4 rings (SSSR count). The summed E-state index contributed by atoms with van der Waals surface area (Å²) in [5.74, 6) is 0.0236. The maximum Gasteiger partial charge on any atom is 0.263 e. The maximum atomic E-state index is 12.7. The summed E-state index contributed by atoms with van der Waals surface area (Å²) in [6.07, 6.45) is 9.79. The van der Waals surface area contributed by atoms with Crippen molar-refractivity contribution in [1.29, 1.82) is 0 Å². The quantitative estimate of drug-likeness (QED) is 0.735. The summed E-state index contributed by atoms with van der Waals surface area (Å²) in [7, 11) is 0. The highest BCUT2D eigenvalue weighted by Crippen LogP contribution is 2.34. The van der Waals surface area contributed by atoms with Crippen LogP contribution in [0.15, 0.2) is 24.5 Å². The van der Waals surface area contributed by atoms with Gasteiger partial charge in [-0.15, -0.1) is 11.3 Å². The summed E-state index contributed by atoms with van der Waals surface area (Å²) in [6, 6.07) is 4.33. The average Bonchev–Trinajstić information content (AvgIpc) is 3.23. The number of carbonyl (C=O) groups is 1. The molecule has 1 fully saturated rings. The number of thiazole rings is 1. The van der Waals surface area contributed by atoms with Gasteiger partial charge in [0.25, 0.3) is 5.91 Å². The molecule has 3 heterocycles. The lowest BCUT2D eigenvalue weighted by Crippen LogP contribution is -2.36. The van der Waals surface area contributed by atoms with Gasteiger partial charge in [0.1, 0.15) is 15.5 Å². The van der Waals surface area contributed by atoms with E-state index in [1.54, 1.807) is 0 Å². The van der Waals surface area contributed by atoms with E-state index in [9.17, 15) is 4.79 Å². The van der Waals surface area contributed by atoms with E-state index in [0.29, 0.717) is 6.04 Å². The first-order chi connectivity index (χ1) is 12.7. The number of amides is 1. The molecule has 1 aliphatic carbocycles. The van der Waals surface area contributed by atoms with Crippen molar-refractivity contribution in [1.82, 2.24) is 19.9 Å². The van der Waals surface area contributed by atoms with E-state index < -0.39 is 0 Å². The molecule has 26 heavy (non-hydrogen) atoms. The number of aromatic nitrogens is 3. The Bertz CT molecular complexity index is 937. The molecule has 0 unspecified atom stereocenters. The fourth-order valence-electron chi connectivity index (χ4n) is 3.75. The monoisotopic (exact) mass is 368 g/mol. The second-order valence-electron chi connectivity index (χ2n) is 6.95. The summed E-state index contributed by atoms with van der Waals surface area (Å²) in [6.45, 7) is 4.88. The topological polar surface area (TPSA) is 59.8 Å². The summed E-state index contributed by atoms with van der Waals surface area (Å²) in [5.41, 5.74) is 2.82. The van der Waals surface area contributed by atoms with E-state index in [1.807, 2.05) is 19.2 Å². The Hall–Kier alpha value is -2.21. The van der Waals surface area contributed by atoms with Gasteiger partial charge in [0.2, 0.25) is 0 Å². The van der Waals surface area contributed by atoms with Crippen LogP contribution in [0.2, 0.25) is 0 Å². The smallest absolute Gasteiger partial charge is 0.263 e. The zero-order valence-corrected chi connectivity index (χ0v) is 16.1. The number of rotatable bonds is 4. The zero-order chi connectivity index (χ0) is 18.1. The standard InChI is InChI=1S/C20H24N4OS/c1-3-24-12-16(15-10-7-11-21-18(15)24)20-22-13(2)17(26-20)19(25)23-14-8-5-4-6-9-14/h7,10-12,14H,3-6,8-9H2,1-2H3,(H,23,25). The van der Waals surface area contributed by atoms with Crippen molar-refractivity contribution in [2.24, 2.45) is 0 Å². The van der Waals surface area contributed by atoms with Crippen LogP contribution < -0.4 is 5.32 Å². The molecule has 1 amide bonds. The molecule has 6 heteroatoms. The van der Waals surface area contributed by atoms with Crippen LogP contribution >= 0.6 is 11.3 Å².